The SMILES string of the molecule is CN(C)[C](=[Cr])CC/C=C/c1ccccc1.[C-]#[O+].[C-]#[O+].[C-]#[O+].[C-]#[O+].[C-]#[O+]. The molecule has 0 aliphatic heterocycles. The number of hydrogen-bond donors (Lipinski definition) is 0. The van der Waals surface area contributed by atoms with Gasteiger partial charge in [0.1, 0.15) is 0 Å². The molecular weight excluding hydrogens is 362 g/mol. The van der Waals surface area contributed by atoms with Crippen LogP contribution in [0.2, 0.25) is 0 Å². The Hall–Kier alpha value is -1.98. The van der Waals surface area contributed by atoms with Crippen molar-refractivity contribution in [1.82, 2.24) is 4.90 Å². The van der Waals surface area contributed by atoms with Crippen LogP contribution in [0, 0.1) is 33.3 Å². The predicted octanol–water partition coefficient (Wildman–Crippen LogP) is 2.53. The van der Waals surface area contributed by atoms with Crippen molar-refractivity contribution in [3.05, 3.63) is 75.2 Å². The standard InChI is InChI=1S/C13H17N.5CO.Cr/c1-14(2)12-8-4-7-11-13-9-5-3-6-10-13;5*1-2;/h3,5-7,9-11H,4,8H2,1-2H3;;;;;;/b11-7+;;;;;;. The van der Waals surface area contributed by atoms with Gasteiger partial charge in [-0.2, -0.15) is 0 Å². The molecule has 0 aliphatic rings. The summed E-state index contributed by atoms with van der Waals surface area (Å²) >= 11 is 3.08. The molecule has 0 heterocycles. The molecule has 1 aromatic rings. The number of hydrogen-bond acceptors (Lipinski definition) is 1. The van der Waals surface area contributed by atoms with E-state index in [9.17, 15) is 0 Å². The van der Waals surface area contributed by atoms with Crippen LogP contribution in [0.3, 0.4) is 0 Å². The molecule has 6 nitrogen and oxygen atoms in total. The summed E-state index contributed by atoms with van der Waals surface area (Å²) < 4.78 is 38.8. The molecule has 0 amide bonds. The first-order valence-corrected chi connectivity index (χ1v) is 6.77. The second kappa shape index (κ2) is 37.9. The Bertz CT molecular complexity index is 493. The maximum atomic E-state index is 7.50. The number of allylic oxidation sites excluding steroid dienone is 1. The number of rotatable bonds is 5. The molecule has 0 N–H and O–H groups in total. The molecule has 0 aliphatic carbocycles. The molecule has 0 radical (unpaired) electrons. The number of benzene rings is 1. The fourth-order valence-electron chi connectivity index (χ4n) is 1.21. The Morgan fingerprint density at radius 1 is 0.880 bits per heavy atom. The summed E-state index contributed by atoms with van der Waals surface area (Å²) in [5, 5.41) is 0. The van der Waals surface area contributed by atoms with Crippen LogP contribution in [0.5, 0.6) is 0 Å². The molecule has 0 spiro atoms. The zero-order valence-electron chi connectivity index (χ0n) is 13.9. The first-order valence-electron chi connectivity index (χ1n) is 6.14. The van der Waals surface area contributed by atoms with Crippen LogP contribution in [0.4, 0.5) is 0 Å². The van der Waals surface area contributed by atoms with Crippen molar-refractivity contribution in [3.8, 4) is 0 Å². The van der Waals surface area contributed by atoms with E-state index in [-0.39, 0.29) is 0 Å². The summed E-state index contributed by atoms with van der Waals surface area (Å²) in [5.41, 5.74) is 1.27. The van der Waals surface area contributed by atoms with Gasteiger partial charge >= 0.3 is 157 Å². The normalized spacial score (nSPS) is 7.08. The van der Waals surface area contributed by atoms with E-state index in [1.807, 2.05) is 6.07 Å². The Kier molecular flexibility index (Phi) is 52.1. The third-order valence-corrected chi connectivity index (χ3v) is 3.02. The van der Waals surface area contributed by atoms with Crippen LogP contribution < -0.4 is 0 Å². The van der Waals surface area contributed by atoms with Crippen molar-refractivity contribution in [2.24, 2.45) is 0 Å². The first kappa shape index (κ1) is 34.4. The van der Waals surface area contributed by atoms with Crippen molar-refractivity contribution in [2.45, 2.75) is 12.8 Å². The first-order chi connectivity index (χ1) is 12.2. The zero-order valence-corrected chi connectivity index (χ0v) is 15.1. The van der Waals surface area contributed by atoms with Crippen molar-refractivity contribution in [2.75, 3.05) is 14.1 Å². The molecule has 0 atom stereocenters. The van der Waals surface area contributed by atoms with E-state index in [2.05, 4.69) is 105 Å². The monoisotopic (exact) mass is 379 g/mol. The van der Waals surface area contributed by atoms with E-state index in [1.165, 1.54) is 10.1 Å². The summed E-state index contributed by atoms with van der Waals surface area (Å²) in [6, 6.07) is 10.4. The minimum atomic E-state index is 1.08. The molecule has 130 valence electrons. The summed E-state index contributed by atoms with van der Waals surface area (Å²) in [7, 11) is 4.12. The van der Waals surface area contributed by atoms with E-state index >= 15 is 0 Å². The molecule has 0 unspecified atom stereocenters. The van der Waals surface area contributed by atoms with Gasteiger partial charge in [-0.05, 0) is 0 Å². The minimum absolute atomic E-state index is 1.08. The van der Waals surface area contributed by atoms with Crippen molar-refractivity contribution in [1.29, 1.82) is 0 Å². The zero-order chi connectivity index (χ0) is 21.1. The molecule has 0 saturated heterocycles. The van der Waals surface area contributed by atoms with E-state index in [4.69, 9.17) is 23.3 Å². The van der Waals surface area contributed by atoms with Gasteiger partial charge in [0.25, 0.3) is 0 Å². The average Bonchev–Trinajstić information content (AvgIpc) is 2.73. The second-order valence-corrected chi connectivity index (χ2v) is 4.38. The van der Waals surface area contributed by atoms with E-state index < -0.39 is 0 Å². The molecule has 1 rings (SSSR count). The Morgan fingerprint density at radius 3 is 1.64 bits per heavy atom. The fraction of sp³-hybridized carbons (Fsp3) is 0.222. The molecule has 0 bridgehead atoms. The van der Waals surface area contributed by atoms with E-state index in [0.717, 1.165) is 12.8 Å². The van der Waals surface area contributed by atoms with Crippen molar-refractivity contribution in [3.63, 3.8) is 0 Å². The third-order valence-electron chi connectivity index (χ3n) is 2.13. The van der Waals surface area contributed by atoms with Gasteiger partial charge in [-0.25, -0.2) is 0 Å². The Balaban J connectivity index is -0.000000114. The van der Waals surface area contributed by atoms with Gasteiger partial charge in [0.05, 0.1) is 0 Å². The molecule has 0 saturated carbocycles. The third kappa shape index (κ3) is 30.5. The van der Waals surface area contributed by atoms with E-state index in [0.29, 0.717) is 0 Å². The van der Waals surface area contributed by atoms with Crippen molar-refractivity contribution >= 4 is 10.6 Å². The summed E-state index contributed by atoms with van der Waals surface area (Å²) in [4.78, 5) is 2.12. The van der Waals surface area contributed by atoms with Gasteiger partial charge in [-0.3, -0.25) is 0 Å². The predicted molar refractivity (Wildman–Crippen MR) is 83.1 cm³/mol. The quantitative estimate of drug-likeness (QED) is 0.569. The van der Waals surface area contributed by atoms with Gasteiger partial charge < -0.3 is 0 Å². The van der Waals surface area contributed by atoms with Crippen LogP contribution in [-0.4, -0.2) is 23.5 Å². The Morgan fingerprint density at radius 2 is 1.28 bits per heavy atom. The second-order valence-electron chi connectivity index (χ2n) is 3.64. The van der Waals surface area contributed by atoms with Crippen LogP contribution in [0.25, 0.3) is 6.08 Å². The van der Waals surface area contributed by atoms with Gasteiger partial charge in [-0.1, -0.05) is 0 Å². The molecule has 0 aromatic heterocycles. The number of nitrogens with zero attached hydrogens (tertiary/aromatic N) is 1. The van der Waals surface area contributed by atoms with Gasteiger partial charge in [0, 0.05) is 0 Å². The fourth-order valence-corrected chi connectivity index (χ4v) is 1.40. The van der Waals surface area contributed by atoms with Gasteiger partial charge in [0.15, 0.2) is 0 Å². The molecule has 0 fully saturated rings. The molecule has 7 heteroatoms. The topological polar surface area (TPSA) is 103 Å². The Labute approximate surface area is 157 Å². The summed E-state index contributed by atoms with van der Waals surface area (Å²) in [5.74, 6) is 0. The van der Waals surface area contributed by atoms with Gasteiger partial charge in [0.2, 0.25) is 0 Å². The van der Waals surface area contributed by atoms with Crippen LogP contribution in [-0.2, 0) is 39.1 Å². The summed E-state index contributed by atoms with van der Waals surface area (Å²) in [6.45, 7) is 22.5. The van der Waals surface area contributed by atoms with E-state index in [1.54, 1.807) is 0 Å². The summed E-state index contributed by atoms with van der Waals surface area (Å²) in [6.07, 6.45) is 6.55. The average molecular weight is 379 g/mol. The van der Waals surface area contributed by atoms with Crippen LogP contribution in [0.1, 0.15) is 18.4 Å². The molecular formula is C18H17CrNO5. The van der Waals surface area contributed by atoms with Crippen LogP contribution >= 0.6 is 0 Å². The molecule has 1 aromatic carbocycles. The van der Waals surface area contributed by atoms with Gasteiger partial charge in [-0.15, -0.1) is 0 Å². The van der Waals surface area contributed by atoms with Crippen LogP contribution in [0.15, 0.2) is 36.4 Å². The molecule has 25 heavy (non-hydrogen) atoms. The maximum absolute atomic E-state index is 7.50. The van der Waals surface area contributed by atoms with Crippen molar-refractivity contribution < 1.29 is 39.1 Å².